The molecule has 0 bridgehead atoms. The zero-order chi connectivity index (χ0) is 16.7. The van der Waals surface area contributed by atoms with Crippen molar-refractivity contribution in [2.45, 2.75) is 32.9 Å². The Morgan fingerprint density at radius 2 is 2.00 bits per heavy atom. The van der Waals surface area contributed by atoms with Crippen molar-refractivity contribution in [3.63, 3.8) is 0 Å². The van der Waals surface area contributed by atoms with Gasteiger partial charge in [-0.1, -0.05) is 51.4 Å². The molecule has 3 rings (SSSR count). The van der Waals surface area contributed by atoms with E-state index in [1.54, 1.807) is 5.19 Å². The van der Waals surface area contributed by atoms with Crippen molar-refractivity contribution in [3.8, 4) is 11.3 Å². The maximum atomic E-state index is 4.20. The molecule has 2 heteroatoms. The van der Waals surface area contributed by atoms with Crippen LogP contribution in [0.4, 0.5) is 0 Å². The Kier molecular flexibility index (Phi) is 4.11. The summed E-state index contributed by atoms with van der Waals surface area (Å²) in [4.78, 5) is 0. The van der Waals surface area contributed by atoms with Gasteiger partial charge in [0, 0.05) is 18.1 Å². The van der Waals surface area contributed by atoms with Gasteiger partial charge in [0.2, 0.25) is 5.69 Å². The van der Waals surface area contributed by atoms with Crippen LogP contribution in [0.2, 0.25) is 13.1 Å². The third-order valence-corrected chi connectivity index (χ3v) is 6.48. The van der Waals surface area contributed by atoms with Crippen LogP contribution in [0.3, 0.4) is 0 Å². The van der Waals surface area contributed by atoms with Crippen LogP contribution in [0.5, 0.6) is 0 Å². The molecule has 1 aliphatic rings. The number of hydrogen-bond donors (Lipinski definition) is 0. The first-order valence-electron chi connectivity index (χ1n) is 8.28. The minimum atomic E-state index is -0.483. The number of aryl methyl sites for hydroxylation is 2. The van der Waals surface area contributed by atoms with Crippen LogP contribution in [0.1, 0.15) is 29.2 Å². The topological polar surface area (TPSA) is 3.88 Å². The van der Waals surface area contributed by atoms with Gasteiger partial charge in [-0.25, -0.2) is 4.57 Å². The van der Waals surface area contributed by atoms with Crippen molar-refractivity contribution in [3.05, 3.63) is 65.9 Å². The van der Waals surface area contributed by atoms with Crippen molar-refractivity contribution in [2.24, 2.45) is 7.05 Å². The molecule has 0 atom stereocenters. The number of rotatable bonds is 4. The fourth-order valence-corrected chi connectivity index (χ4v) is 4.95. The Morgan fingerprint density at radius 3 is 2.61 bits per heavy atom. The van der Waals surface area contributed by atoms with Crippen LogP contribution in [0.15, 0.2) is 43.6 Å². The normalized spacial score (nSPS) is 12.2. The van der Waals surface area contributed by atoms with Crippen LogP contribution in [0.25, 0.3) is 16.8 Å². The zero-order valence-electron chi connectivity index (χ0n) is 14.7. The summed E-state index contributed by atoms with van der Waals surface area (Å²) in [6.45, 7) is 15.1. The minimum Gasteiger partial charge on any atom is -0.201 e. The van der Waals surface area contributed by atoms with E-state index >= 15 is 0 Å². The lowest BCUT2D eigenvalue weighted by atomic mass is 9.92. The predicted octanol–water partition coefficient (Wildman–Crippen LogP) is 3.81. The molecular formula is C21H25NSi+. The smallest absolute Gasteiger partial charge is 0.201 e. The Balaban J connectivity index is 2.35. The fourth-order valence-electron chi connectivity index (χ4n) is 3.73. The molecule has 1 aliphatic carbocycles. The molecule has 0 N–H and O–H groups in total. The van der Waals surface area contributed by atoms with Gasteiger partial charge in [-0.15, -0.1) is 0 Å². The highest BCUT2D eigenvalue weighted by molar-refractivity contribution is 6.71. The van der Waals surface area contributed by atoms with E-state index in [2.05, 4.69) is 69.2 Å². The van der Waals surface area contributed by atoms with Gasteiger partial charge < -0.3 is 0 Å². The third-order valence-electron chi connectivity index (χ3n) is 4.93. The second-order valence-corrected chi connectivity index (χ2v) is 9.09. The molecule has 0 saturated carbocycles. The summed E-state index contributed by atoms with van der Waals surface area (Å²) in [6, 6.07) is 6.83. The molecule has 0 amide bonds. The molecule has 1 aromatic carbocycles. The summed E-state index contributed by atoms with van der Waals surface area (Å²) in [7, 11) is 1.69. The molecule has 117 valence electrons. The van der Waals surface area contributed by atoms with Crippen molar-refractivity contribution < 1.29 is 4.57 Å². The molecule has 1 nitrogen and oxygen atoms in total. The number of pyridine rings is 1. The van der Waals surface area contributed by atoms with Gasteiger partial charge in [-0.05, 0) is 33.9 Å². The second kappa shape index (κ2) is 5.93. The second-order valence-electron chi connectivity index (χ2n) is 6.55. The van der Waals surface area contributed by atoms with Gasteiger partial charge in [0.05, 0.1) is 14.4 Å². The molecule has 0 unspecified atom stereocenters. The number of aromatic nitrogens is 1. The summed E-state index contributed by atoms with van der Waals surface area (Å²) < 4.78 is 2.30. The first-order chi connectivity index (χ1) is 11.0. The average Bonchev–Trinajstić information content (AvgIpc) is 2.94. The largest absolute Gasteiger partial charge is 0.216 e. The van der Waals surface area contributed by atoms with E-state index in [9.17, 15) is 0 Å². The molecule has 1 aromatic heterocycles. The van der Waals surface area contributed by atoms with Gasteiger partial charge in [0.25, 0.3) is 0 Å². The quantitative estimate of drug-likeness (QED) is 0.391. The fraction of sp³-hybridized carbons (Fsp3) is 0.286. The SMILES string of the molecule is C=CC(=C)c1ccc(CC)c2c1Cc1c([Si](C)C)cc[n+](C)c1-2. The Hall–Kier alpha value is -1.93. The number of benzene rings is 1. The van der Waals surface area contributed by atoms with E-state index in [0.717, 1.165) is 18.4 Å². The standard InChI is InChI=1S/C21H25NSi/c1-7-14(3)16-10-9-15(8-2)20-17(16)13-18-19(23(5)6)11-12-22(4)21(18)20/h7,9-12H,1,3,8,13H2,2,4-6H3/q+1. The Labute approximate surface area is 141 Å². The maximum Gasteiger partial charge on any atom is 0.216 e. The summed E-state index contributed by atoms with van der Waals surface area (Å²) in [5.41, 5.74) is 9.55. The molecule has 1 radical (unpaired) electrons. The lowest BCUT2D eigenvalue weighted by Crippen LogP contribution is -2.37. The first kappa shape index (κ1) is 15.9. The Morgan fingerprint density at radius 1 is 1.26 bits per heavy atom. The molecule has 0 saturated heterocycles. The van der Waals surface area contributed by atoms with Crippen LogP contribution in [-0.4, -0.2) is 8.80 Å². The average molecular weight is 320 g/mol. The van der Waals surface area contributed by atoms with Crippen LogP contribution in [0, 0.1) is 0 Å². The maximum absolute atomic E-state index is 4.20. The molecule has 0 spiro atoms. The van der Waals surface area contributed by atoms with Gasteiger partial charge in [-0.3, -0.25) is 0 Å². The molecule has 1 heterocycles. The minimum absolute atomic E-state index is 0.483. The van der Waals surface area contributed by atoms with Crippen LogP contribution >= 0.6 is 0 Å². The molecular weight excluding hydrogens is 294 g/mol. The van der Waals surface area contributed by atoms with Crippen molar-refractivity contribution in [1.29, 1.82) is 0 Å². The summed E-state index contributed by atoms with van der Waals surface area (Å²) in [6.07, 6.45) is 6.19. The highest BCUT2D eigenvalue weighted by Crippen LogP contribution is 2.40. The van der Waals surface area contributed by atoms with Gasteiger partial charge in [0.15, 0.2) is 6.20 Å². The van der Waals surface area contributed by atoms with Crippen LogP contribution < -0.4 is 9.75 Å². The summed E-state index contributed by atoms with van der Waals surface area (Å²) >= 11 is 0. The summed E-state index contributed by atoms with van der Waals surface area (Å²) in [5.74, 6) is 0. The van der Waals surface area contributed by atoms with E-state index < -0.39 is 8.80 Å². The van der Waals surface area contributed by atoms with E-state index in [1.165, 1.54) is 33.5 Å². The number of allylic oxidation sites excluding steroid dienone is 2. The highest BCUT2D eigenvalue weighted by Gasteiger charge is 2.33. The van der Waals surface area contributed by atoms with E-state index in [-0.39, 0.29) is 0 Å². The van der Waals surface area contributed by atoms with E-state index in [4.69, 9.17) is 0 Å². The van der Waals surface area contributed by atoms with Gasteiger partial charge in [0.1, 0.15) is 7.05 Å². The van der Waals surface area contributed by atoms with Crippen molar-refractivity contribution >= 4 is 19.6 Å². The van der Waals surface area contributed by atoms with E-state index in [1.807, 2.05) is 6.08 Å². The third kappa shape index (κ3) is 2.42. The molecule has 0 aliphatic heterocycles. The Bertz CT molecular complexity index is 815. The number of fused-ring (bicyclic) bond motifs is 3. The van der Waals surface area contributed by atoms with Crippen molar-refractivity contribution in [1.82, 2.24) is 0 Å². The van der Waals surface area contributed by atoms with Crippen LogP contribution in [-0.2, 0) is 19.9 Å². The molecule has 2 aromatic rings. The highest BCUT2D eigenvalue weighted by atomic mass is 28.3. The van der Waals surface area contributed by atoms with Gasteiger partial charge >= 0.3 is 0 Å². The molecule has 23 heavy (non-hydrogen) atoms. The lowest BCUT2D eigenvalue weighted by Gasteiger charge is -2.11. The zero-order valence-corrected chi connectivity index (χ0v) is 15.7. The molecule has 0 fully saturated rings. The predicted molar refractivity (Wildman–Crippen MR) is 102 cm³/mol. The summed E-state index contributed by atoms with van der Waals surface area (Å²) in [5, 5.41) is 1.57. The first-order valence-corrected chi connectivity index (χ1v) is 10.8. The van der Waals surface area contributed by atoms with Gasteiger partial charge in [-0.2, -0.15) is 0 Å². The monoisotopic (exact) mass is 319 g/mol. The van der Waals surface area contributed by atoms with Crippen molar-refractivity contribution in [2.75, 3.05) is 0 Å². The van der Waals surface area contributed by atoms with E-state index in [0.29, 0.717) is 0 Å². The lowest BCUT2D eigenvalue weighted by molar-refractivity contribution is -0.660. The number of hydrogen-bond acceptors (Lipinski definition) is 0. The number of nitrogens with zero attached hydrogens (tertiary/aromatic N) is 1.